The number of pyridine rings is 1. The molecule has 1 aromatic heterocycles. The number of carbonyl (C=O) groups excluding carboxylic acids is 1. The van der Waals surface area contributed by atoms with Gasteiger partial charge < -0.3 is 5.32 Å². The highest BCUT2D eigenvalue weighted by Gasteiger charge is 2.21. The number of aromatic nitrogens is 1. The van der Waals surface area contributed by atoms with Gasteiger partial charge in [0, 0.05) is 10.9 Å². The largest absolute Gasteiger partial charge is 0.345 e. The molecule has 0 unspecified atom stereocenters. The quantitative estimate of drug-likeness (QED) is 0.426. The number of benzene rings is 3. The zero-order valence-corrected chi connectivity index (χ0v) is 17.6. The van der Waals surface area contributed by atoms with Gasteiger partial charge in [-0.1, -0.05) is 79.2 Å². The molecule has 0 fully saturated rings. The van der Waals surface area contributed by atoms with Crippen LogP contribution in [0.1, 0.15) is 46.4 Å². The van der Waals surface area contributed by atoms with Gasteiger partial charge in [-0.2, -0.15) is 0 Å². The molecule has 4 rings (SSSR count). The van der Waals surface area contributed by atoms with Gasteiger partial charge in [0.25, 0.3) is 5.91 Å². The van der Waals surface area contributed by atoms with Crippen LogP contribution >= 0.6 is 0 Å². The molecule has 1 heterocycles. The number of hydrogen-bond acceptors (Lipinski definition) is 2. The third-order valence-electron chi connectivity index (χ3n) is 5.57. The molecule has 3 aromatic carbocycles. The molecule has 0 aliphatic rings. The number of nitrogens with one attached hydrogen (secondary N) is 1. The smallest absolute Gasteiger partial charge is 0.252 e. The first-order chi connectivity index (χ1) is 14.6. The average molecular weight is 394 g/mol. The van der Waals surface area contributed by atoms with E-state index in [2.05, 4.69) is 30.4 Å². The lowest BCUT2D eigenvalue weighted by atomic mass is 9.93. The van der Waals surface area contributed by atoms with Crippen molar-refractivity contribution in [3.63, 3.8) is 0 Å². The van der Waals surface area contributed by atoms with E-state index in [0.29, 0.717) is 5.56 Å². The summed E-state index contributed by atoms with van der Waals surface area (Å²) in [7, 11) is 0. The van der Waals surface area contributed by atoms with Crippen molar-refractivity contribution in [2.24, 2.45) is 0 Å². The van der Waals surface area contributed by atoms with E-state index in [9.17, 15) is 4.79 Å². The molecule has 0 radical (unpaired) electrons. The molecule has 150 valence electrons. The van der Waals surface area contributed by atoms with E-state index >= 15 is 0 Å². The van der Waals surface area contributed by atoms with Gasteiger partial charge in [0.1, 0.15) is 0 Å². The molecule has 0 bridgehead atoms. The molecular formula is C27H26N2O. The molecule has 0 aliphatic heterocycles. The molecule has 1 N–H and O–H groups in total. The first-order valence-corrected chi connectivity index (χ1v) is 10.4. The van der Waals surface area contributed by atoms with Crippen LogP contribution in [0.2, 0.25) is 0 Å². The minimum Gasteiger partial charge on any atom is -0.345 e. The van der Waals surface area contributed by atoms with Crippen LogP contribution in [0.4, 0.5) is 0 Å². The zero-order chi connectivity index (χ0) is 21.1. The predicted molar refractivity (Wildman–Crippen MR) is 124 cm³/mol. The summed E-state index contributed by atoms with van der Waals surface area (Å²) in [6.07, 6.45) is 0.822. The van der Waals surface area contributed by atoms with E-state index in [0.717, 1.165) is 45.3 Å². The van der Waals surface area contributed by atoms with Crippen LogP contribution < -0.4 is 5.32 Å². The molecule has 0 saturated carbocycles. The third-order valence-corrected chi connectivity index (χ3v) is 5.57. The van der Waals surface area contributed by atoms with Crippen LogP contribution in [0.5, 0.6) is 0 Å². The lowest BCUT2D eigenvalue weighted by molar-refractivity contribution is 0.0936. The standard InChI is InChI=1S/C27H26N2O/c1-4-23(20-11-7-5-8-12-20)29-27(30)25-19(3)26(21-13-9-6-10-14-21)28-24-16-15-18(2)17-22(24)25/h5-17,23H,4H2,1-3H3,(H,29,30)/t23-/m0/s1/i2-1. The maximum Gasteiger partial charge on any atom is 0.252 e. The van der Waals surface area contributed by atoms with Crippen molar-refractivity contribution in [3.8, 4) is 11.3 Å². The van der Waals surface area contributed by atoms with Crippen LogP contribution in [0, 0.1) is 13.8 Å². The van der Waals surface area contributed by atoms with Gasteiger partial charge in [-0.15, -0.1) is 0 Å². The number of hydrogen-bond donors (Lipinski definition) is 1. The summed E-state index contributed by atoms with van der Waals surface area (Å²) in [6.45, 7) is 6.13. The Labute approximate surface area is 177 Å². The van der Waals surface area contributed by atoms with Gasteiger partial charge in [0.15, 0.2) is 0 Å². The summed E-state index contributed by atoms with van der Waals surface area (Å²) in [5.74, 6) is -0.0571. The number of aryl methyl sites for hydroxylation is 1. The fourth-order valence-electron chi connectivity index (χ4n) is 3.98. The van der Waals surface area contributed by atoms with Gasteiger partial charge in [0.2, 0.25) is 0 Å². The summed E-state index contributed by atoms with van der Waals surface area (Å²) >= 11 is 0. The SMILES string of the molecule is CC[C@H](NC(=O)c1c(C)c(-c2ccccc2)nc2ccc([11CH3])cc12)c1ccccc1. The number of carbonyl (C=O) groups is 1. The molecule has 3 heteroatoms. The molecule has 1 atom stereocenters. The summed E-state index contributed by atoms with van der Waals surface area (Å²) in [6, 6.07) is 26.3. The van der Waals surface area contributed by atoms with Crippen LogP contribution in [0.3, 0.4) is 0 Å². The van der Waals surface area contributed by atoms with Crippen molar-refractivity contribution in [2.75, 3.05) is 0 Å². The van der Waals surface area contributed by atoms with E-state index < -0.39 is 0 Å². The van der Waals surface area contributed by atoms with Crippen molar-refractivity contribution in [3.05, 3.63) is 101 Å². The van der Waals surface area contributed by atoms with Gasteiger partial charge in [0.05, 0.1) is 22.8 Å². The Balaban J connectivity index is 1.85. The van der Waals surface area contributed by atoms with E-state index in [-0.39, 0.29) is 11.9 Å². The second-order valence-electron chi connectivity index (χ2n) is 7.69. The number of rotatable bonds is 5. The van der Waals surface area contributed by atoms with Gasteiger partial charge in [-0.05, 0) is 43.5 Å². The minimum absolute atomic E-state index is 0.0358. The van der Waals surface area contributed by atoms with Gasteiger partial charge >= 0.3 is 0 Å². The Bertz CT molecular complexity index is 1180. The van der Waals surface area contributed by atoms with Crippen LogP contribution in [0.15, 0.2) is 78.9 Å². The normalized spacial score (nSPS) is 12.0. The Kier molecular flexibility index (Phi) is 5.62. The Hall–Kier alpha value is -3.46. The van der Waals surface area contributed by atoms with Crippen LogP contribution in [-0.4, -0.2) is 10.9 Å². The number of fused-ring (bicyclic) bond motifs is 1. The highest BCUT2D eigenvalue weighted by atomic mass is 16.1. The molecule has 0 saturated heterocycles. The molecule has 3 nitrogen and oxygen atoms in total. The van der Waals surface area contributed by atoms with Crippen molar-refractivity contribution >= 4 is 16.8 Å². The lowest BCUT2D eigenvalue weighted by Crippen LogP contribution is -2.29. The van der Waals surface area contributed by atoms with Crippen molar-refractivity contribution in [1.29, 1.82) is 0 Å². The second kappa shape index (κ2) is 8.50. The molecule has 0 aliphatic carbocycles. The number of nitrogens with zero attached hydrogens (tertiary/aromatic N) is 1. The summed E-state index contributed by atoms with van der Waals surface area (Å²) in [4.78, 5) is 18.5. The molecule has 1 amide bonds. The van der Waals surface area contributed by atoms with Crippen molar-refractivity contribution < 1.29 is 4.79 Å². The fraction of sp³-hybridized carbons (Fsp3) is 0.185. The van der Waals surface area contributed by atoms with Gasteiger partial charge in [-0.25, -0.2) is 4.98 Å². The summed E-state index contributed by atoms with van der Waals surface area (Å²) in [5, 5.41) is 4.16. The molecular weight excluding hydrogens is 367 g/mol. The highest BCUT2D eigenvalue weighted by Crippen LogP contribution is 2.31. The fourth-order valence-corrected chi connectivity index (χ4v) is 3.98. The average Bonchev–Trinajstić information content (AvgIpc) is 2.78. The maximum atomic E-state index is 13.6. The maximum absolute atomic E-state index is 13.6. The predicted octanol–water partition coefficient (Wildman–Crippen LogP) is 6.40. The Morgan fingerprint density at radius 2 is 1.60 bits per heavy atom. The monoisotopic (exact) mass is 393 g/mol. The van der Waals surface area contributed by atoms with Crippen LogP contribution in [0.25, 0.3) is 22.2 Å². The van der Waals surface area contributed by atoms with E-state index in [1.165, 1.54) is 0 Å². The topological polar surface area (TPSA) is 42.0 Å². The van der Waals surface area contributed by atoms with E-state index in [1.54, 1.807) is 0 Å². The molecule has 0 spiro atoms. The Morgan fingerprint density at radius 3 is 2.27 bits per heavy atom. The highest BCUT2D eigenvalue weighted by molar-refractivity contribution is 6.09. The van der Waals surface area contributed by atoms with E-state index in [4.69, 9.17) is 4.98 Å². The van der Waals surface area contributed by atoms with E-state index in [1.807, 2.05) is 74.5 Å². The first kappa shape index (κ1) is 19.8. The second-order valence-corrected chi connectivity index (χ2v) is 7.69. The molecule has 4 aromatic rings. The van der Waals surface area contributed by atoms with Gasteiger partial charge in [-0.3, -0.25) is 4.79 Å². The Morgan fingerprint density at radius 1 is 0.933 bits per heavy atom. The number of amides is 1. The summed E-state index contributed by atoms with van der Waals surface area (Å²) < 4.78 is 0. The van der Waals surface area contributed by atoms with Crippen LogP contribution in [-0.2, 0) is 0 Å². The first-order valence-electron chi connectivity index (χ1n) is 10.4. The third kappa shape index (κ3) is 3.84. The van der Waals surface area contributed by atoms with Crippen molar-refractivity contribution in [2.45, 2.75) is 33.2 Å². The van der Waals surface area contributed by atoms with Crippen molar-refractivity contribution in [1.82, 2.24) is 10.3 Å². The zero-order valence-electron chi connectivity index (χ0n) is 17.6. The molecule has 30 heavy (non-hydrogen) atoms. The summed E-state index contributed by atoms with van der Waals surface area (Å²) in [5.41, 5.74) is 6.54. The minimum atomic E-state index is -0.0571. The lowest BCUT2D eigenvalue weighted by Gasteiger charge is -2.20.